The van der Waals surface area contributed by atoms with Crippen LogP contribution >= 0.6 is 0 Å². The molecule has 1 unspecified atom stereocenters. The van der Waals surface area contributed by atoms with Crippen molar-refractivity contribution in [2.75, 3.05) is 33.4 Å². The molecule has 0 aliphatic carbocycles. The molecular weight excluding hydrogens is 449 g/mol. The Bertz CT molecular complexity index is 1180. The minimum absolute atomic E-state index is 0.0808. The summed E-state index contributed by atoms with van der Waals surface area (Å²) in [4.78, 5) is 27.8. The molecule has 1 aliphatic rings. The van der Waals surface area contributed by atoms with E-state index < -0.39 is 5.41 Å². The third-order valence-electron chi connectivity index (χ3n) is 6.23. The summed E-state index contributed by atoms with van der Waals surface area (Å²) >= 11 is 0. The van der Waals surface area contributed by atoms with Crippen molar-refractivity contribution in [3.05, 3.63) is 84.2 Å². The smallest absolute Gasteiger partial charge is 0.317 e. The molecule has 1 saturated heterocycles. The van der Waals surface area contributed by atoms with Crippen LogP contribution in [0.1, 0.15) is 23.7 Å². The van der Waals surface area contributed by atoms with Crippen LogP contribution in [0.2, 0.25) is 0 Å². The number of benzene rings is 3. The normalized spacial score (nSPS) is 17.2. The van der Waals surface area contributed by atoms with Crippen LogP contribution in [0.15, 0.2) is 72.8 Å². The van der Waals surface area contributed by atoms with E-state index in [2.05, 4.69) is 0 Å². The molecule has 0 N–H and O–H groups in total. The third-order valence-corrected chi connectivity index (χ3v) is 6.23. The first-order chi connectivity index (χ1) is 17.0. The van der Waals surface area contributed by atoms with Gasteiger partial charge in [0.05, 0.1) is 19.3 Å². The zero-order valence-corrected chi connectivity index (χ0v) is 19.8. The predicted molar refractivity (Wildman–Crippen MR) is 130 cm³/mol. The van der Waals surface area contributed by atoms with E-state index >= 15 is 0 Å². The maximum atomic E-state index is 13.2. The number of hydrogen-bond donors (Lipinski definition) is 0. The number of carbonyl (C=O) groups is 2. The highest BCUT2D eigenvalue weighted by atomic mass is 19.1. The lowest BCUT2D eigenvalue weighted by atomic mass is 9.88. The topological polar surface area (TPSA) is 65.1 Å². The van der Waals surface area contributed by atoms with Crippen LogP contribution in [0.3, 0.4) is 0 Å². The summed E-state index contributed by atoms with van der Waals surface area (Å²) in [7, 11) is 1.52. The Balaban J connectivity index is 1.48. The number of carbonyl (C=O) groups excluding carboxylic acids is 2. The van der Waals surface area contributed by atoms with Gasteiger partial charge in [-0.1, -0.05) is 36.4 Å². The number of likely N-dealkylation sites (tertiary alicyclic amines) is 1. The van der Waals surface area contributed by atoms with Crippen molar-refractivity contribution in [3.63, 3.8) is 0 Å². The van der Waals surface area contributed by atoms with Crippen molar-refractivity contribution in [3.8, 4) is 22.6 Å². The Hall–Kier alpha value is -3.87. The standard InChI is InChI=1S/C28H28FNO5/c1-3-34-27(32)28(16-17-30(18-28)26(31)24-6-4-5-7-25(24)33-2)19-35-23-14-10-21(11-15-23)20-8-12-22(29)13-9-20/h4-15H,3,16-19H2,1-2H3. The lowest BCUT2D eigenvalue weighted by molar-refractivity contribution is -0.156. The van der Waals surface area contributed by atoms with E-state index in [1.165, 1.54) is 19.2 Å². The quantitative estimate of drug-likeness (QED) is 0.429. The van der Waals surface area contributed by atoms with E-state index in [4.69, 9.17) is 14.2 Å². The van der Waals surface area contributed by atoms with E-state index in [9.17, 15) is 14.0 Å². The van der Waals surface area contributed by atoms with Gasteiger partial charge in [-0.25, -0.2) is 4.39 Å². The van der Waals surface area contributed by atoms with Crippen molar-refractivity contribution in [2.24, 2.45) is 5.41 Å². The first-order valence-electron chi connectivity index (χ1n) is 11.5. The number of esters is 1. The molecule has 35 heavy (non-hydrogen) atoms. The van der Waals surface area contributed by atoms with Gasteiger partial charge < -0.3 is 19.1 Å². The number of methoxy groups -OCH3 is 1. The monoisotopic (exact) mass is 477 g/mol. The van der Waals surface area contributed by atoms with Gasteiger partial charge in [-0.2, -0.15) is 0 Å². The maximum absolute atomic E-state index is 13.2. The molecule has 1 aliphatic heterocycles. The first-order valence-corrected chi connectivity index (χ1v) is 11.5. The molecule has 0 saturated carbocycles. The number of amides is 1. The second kappa shape index (κ2) is 10.6. The fraction of sp³-hybridized carbons (Fsp3) is 0.286. The summed E-state index contributed by atoms with van der Waals surface area (Å²) in [6, 6.07) is 20.7. The van der Waals surface area contributed by atoms with Crippen LogP contribution in [-0.4, -0.2) is 50.2 Å². The molecule has 1 amide bonds. The van der Waals surface area contributed by atoms with Crippen molar-refractivity contribution in [1.82, 2.24) is 4.90 Å². The highest BCUT2D eigenvalue weighted by Crippen LogP contribution is 2.35. The minimum Gasteiger partial charge on any atom is -0.496 e. The predicted octanol–water partition coefficient (Wildman–Crippen LogP) is 4.98. The van der Waals surface area contributed by atoms with Crippen LogP contribution in [0, 0.1) is 11.2 Å². The first kappa shape index (κ1) is 24.3. The zero-order chi connectivity index (χ0) is 24.8. The Kier molecular flexibility index (Phi) is 7.34. The second-order valence-electron chi connectivity index (χ2n) is 8.50. The number of ether oxygens (including phenoxy) is 3. The molecule has 4 rings (SSSR count). The van der Waals surface area contributed by atoms with Crippen LogP contribution in [0.5, 0.6) is 11.5 Å². The van der Waals surface area contributed by atoms with E-state index in [-0.39, 0.29) is 37.5 Å². The van der Waals surface area contributed by atoms with Crippen LogP contribution in [0.4, 0.5) is 4.39 Å². The largest absolute Gasteiger partial charge is 0.496 e. The highest BCUT2D eigenvalue weighted by Gasteiger charge is 2.48. The van der Waals surface area contributed by atoms with Gasteiger partial charge in [0, 0.05) is 13.1 Å². The Labute approximate surface area is 204 Å². The number of hydrogen-bond acceptors (Lipinski definition) is 5. The molecular formula is C28H28FNO5. The fourth-order valence-electron chi connectivity index (χ4n) is 4.27. The van der Waals surface area contributed by atoms with Gasteiger partial charge >= 0.3 is 5.97 Å². The SMILES string of the molecule is CCOC(=O)C1(COc2ccc(-c3ccc(F)cc3)cc2)CCN(C(=O)c2ccccc2OC)C1. The Morgan fingerprint density at radius 3 is 2.29 bits per heavy atom. The van der Waals surface area contributed by atoms with E-state index in [0.29, 0.717) is 30.0 Å². The molecule has 1 atom stereocenters. The van der Waals surface area contributed by atoms with Crippen molar-refractivity contribution in [1.29, 1.82) is 0 Å². The summed E-state index contributed by atoms with van der Waals surface area (Å²) in [5, 5.41) is 0. The van der Waals surface area contributed by atoms with E-state index in [1.54, 1.807) is 48.2 Å². The van der Waals surface area contributed by atoms with Crippen molar-refractivity contribution >= 4 is 11.9 Å². The van der Waals surface area contributed by atoms with E-state index in [1.807, 2.05) is 24.3 Å². The lowest BCUT2D eigenvalue weighted by Crippen LogP contribution is -2.42. The van der Waals surface area contributed by atoms with Gasteiger partial charge in [0.25, 0.3) is 5.91 Å². The van der Waals surface area contributed by atoms with Gasteiger partial charge in [0.1, 0.15) is 29.3 Å². The molecule has 6 nitrogen and oxygen atoms in total. The van der Waals surface area contributed by atoms with E-state index in [0.717, 1.165) is 11.1 Å². The maximum Gasteiger partial charge on any atom is 0.317 e. The molecule has 1 fully saturated rings. The summed E-state index contributed by atoms with van der Waals surface area (Å²) in [5.74, 6) is 0.223. The fourth-order valence-corrected chi connectivity index (χ4v) is 4.27. The summed E-state index contributed by atoms with van der Waals surface area (Å²) < 4.78 is 29.9. The van der Waals surface area contributed by atoms with Crippen molar-refractivity contribution in [2.45, 2.75) is 13.3 Å². The number of halogens is 1. The zero-order valence-electron chi connectivity index (χ0n) is 19.8. The molecule has 0 aromatic heterocycles. The Morgan fingerprint density at radius 1 is 0.971 bits per heavy atom. The lowest BCUT2D eigenvalue weighted by Gasteiger charge is -2.27. The number of rotatable bonds is 8. The molecule has 182 valence electrons. The summed E-state index contributed by atoms with van der Waals surface area (Å²) in [6.45, 7) is 2.68. The molecule has 0 bridgehead atoms. The van der Waals surface area contributed by atoms with Crippen LogP contribution < -0.4 is 9.47 Å². The van der Waals surface area contributed by atoms with Crippen LogP contribution in [0.25, 0.3) is 11.1 Å². The summed E-state index contributed by atoms with van der Waals surface area (Å²) in [6.07, 6.45) is 0.431. The highest BCUT2D eigenvalue weighted by molar-refractivity contribution is 5.97. The molecule has 1 heterocycles. The minimum atomic E-state index is -0.969. The van der Waals surface area contributed by atoms with Crippen molar-refractivity contribution < 1.29 is 28.2 Å². The van der Waals surface area contributed by atoms with Gasteiger partial charge in [-0.05, 0) is 60.9 Å². The van der Waals surface area contributed by atoms with Gasteiger partial charge in [-0.3, -0.25) is 9.59 Å². The number of para-hydroxylation sites is 1. The molecule has 3 aromatic rings. The third kappa shape index (κ3) is 5.29. The second-order valence-corrected chi connectivity index (χ2v) is 8.50. The summed E-state index contributed by atoms with van der Waals surface area (Å²) in [5.41, 5.74) is 1.30. The Morgan fingerprint density at radius 2 is 1.63 bits per heavy atom. The average Bonchev–Trinajstić information content (AvgIpc) is 3.34. The number of nitrogens with zero attached hydrogens (tertiary/aromatic N) is 1. The average molecular weight is 478 g/mol. The molecule has 7 heteroatoms. The van der Waals surface area contributed by atoms with Gasteiger partial charge in [0.15, 0.2) is 0 Å². The molecule has 0 radical (unpaired) electrons. The molecule has 0 spiro atoms. The van der Waals surface area contributed by atoms with Crippen LogP contribution in [-0.2, 0) is 9.53 Å². The molecule has 3 aromatic carbocycles. The van der Waals surface area contributed by atoms with Gasteiger partial charge in [0.2, 0.25) is 0 Å². The van der Waals surface area contributed by atoms with Gasteiger partial charge in [-0.15, -0.1) is 0 Å².